The van der Waals surface area contributed by atoms with E-state index in [2.05, 4.69) is 5.32 Å². The topological polar surface area (TPSA) is 61.8 Å². The number of hydrogen-bond donors (Lipinski definition) is 2. The van der Waals surface area contributed by atoms with E-state index in [-0.39, 0.29) is 0 Å². The third kappa shape index (κ3) is 2.83. The van der Waals surface area contributed by atoms with Crippen LogP contribution < -0.4 is 10.2 Å². The molecule has 2 rings (SSSR count). The first kappa shape index (κ1) is 14.1. The number of ether oxygens (including phenoxy) is 1. The number of nitrogens with one attached hydrogen (secondary N) is 1. The van der Waals surface area contributed by atoms with E-state index in [9.17, 15) is 9.90 Å². The normalized spacial score (nSPS) is 17.3. The highest BCUT2D eigenvalue weighted by Gasteiger charge is 2.29. The van der Waals surface area contributed by atoms with Crippen molar-refractivity contribution >= 4 is 28.9 Å². The van der Waals surface area contributed by atoms with E-state index < -0.39 is 12.0 Å². The molecule has 1 heterocycles. The van der Waals surface area contributed by atoms with Crippen LogP contribution in [0.25, 0.3) is 0 Å². The van der Waals surface area contributed by atoms with Gasteiger partial charge in [-0.1, -0.05) is 11.6 Å². The molecule has 1 aliphatic rings. The first-order valence-corrected chi connectivity index (χ1v) is 6.45. The van der Waals surface area contributed by atoms with Gasteiger partial charge < -0.3 is 20.1 Å². The monoisotopic (exact) mass is 284 g/mol. The summed E-state index contributed by atoms with van der Waals surface area (Å²) in [5.74, 6) is -0.412. The Kier molecular flexibility index (Phi) is 4.29. The molecule has 0 bridgehead atoms. The van der Waals surface area contributed by atoms with Crippen molar-refractivity contribution in [3.05, 3.63) is 22.7 Å². The molecule has 0 saturated heterocycles. The highest BCUT2D eigenvalue weighted by molar-refractivity contribution is 6.33. The molecular weight excluding hydrogens is 268 g/mol. The number of fused-ring (bicyclic) bond motifs is 1. The highest BCUT2D eigenvalue weighted by atomic mass is 35.5. The van der Waals surface area contributed by atoms with E-state index in [0.717, 1.165) is 18.7 Å². The number of aliphatic hydroxyl groups is 1. The number of nitrogens with zero attached hydrogens (tertiary/aromatic N) is 1. The molecule has 0 spiro atoms. The third-order valence-corrected chi connectivity index (χ3v) is 3.48. The zero-order valence-electron chi connectivity index (χ0n) is 10.9. The lowest BCUT2D eigenvalue weighted by Crippen LogP contribution is -2.20. The van der Waals surface area contributed by atoms with Crippen LogP contribution in [0.4, 0.5) is 11.4 Å². The Labute approximate surface area is 117 Å². The number of carbonyl (C=O) groups excluding carboxylic acids is 1. The zero-order chi connectivity index (χ0) is 14.0. The van der Waals surface area contributed by atoms with Crippen LogP contribution in [0.15, 0.2) is 12.1 Å². The highest BCUT2D eigenvalue weighted by Crippen LogP contribution is 2.38. The number of hydrogen-bond acceptors (Lipinski definition) is 4. The summed E-state index contributed by atoms with van der Waals surface area (Å²) in [6, 6.07) is 3.43. The molecule has 6 heteroatoms. The summed E-state index contributed by atoms with van der Waals surface area (Å²) in [5.41, 5.74) is 1.98. The van der Waals surface area contributed by atoms with Gasteiger partial charge in [0.05, 0.1) is 10.7 Å². The van der Waals surface area contributed by atoms with Crippen molar-refractivity contribution < 1.29 is 14.6 Å². The predicted molar refractivity (Wildman–Crippen MR) is 74.8 cm³/mol. The molecule has 1 amide bonds. The molecule has 19 heavy (non-hydrogen) atoms. The summed E-state index contributed by atoms with van der Waals surface area (Å²) in [5, 5.41) is 12.8. The average molecular weight is 285 g/mol. The number of amides is 1. The van der Waals surface area contributed by atoms with Crippen molar-refractivity contribution in [1.29, 1.82) is 0 Å². The van der Waals surface area contributed by atoms with E-state index in [1.54, 1.807) is 19.2 Å². The second kappa shape index (κ2) is 5.77. The molecule has 1 aromatic rings. The fraction of sp³-hybridized carbons (Fsp3) is 0.462. The number of benzene rings is 1. The smallest absolute Gasteiger partial charge is 0.257 e. The van der Waals surface area contributed by atoms with Crippen LogP contribution in [-0.4, -0.2) is 38.3 Å². The number of methoxy groups -OCH3 is 1. The van der Waals surface area contributed by atoms with Gasteiger partial charge in [0.25, 0.3) is 5.91 Å². The summed E-state index contributed by atoms with van der Waals surface area (Å²) in [6.07, 6.45) is -0.240. The molecule has 0 aliphatic carbocycles. The van der Waals surface area contributed by atoms with Crippen LogP contribution in [0.5, 0.6) is 0 Å². The molecule has 1 atom stereocenters. The van der Waals surface area contributed by atoms with Gasteiger partial charge in [0.2, 0.25) is 0 Å². The van der Waals surface area contributed by atoms with Crippen molar-refractivity contribution in [2.45, 2.75) is 12.5 Å². The fourth-order valence-electron chi connectivity index (χ4n) is 2.11. The van der Waals surface area contributed by atoms with Crippen LogP contribution in [0, 0.1) is 0 Å². The quantitative estimate of drug-likeness (QED) is 0.810. The van der Waals surface area contributed by atoms with Gasteiger partial charge in [0.1, 0.15) is 0 Å². The predicted octanol–water partition coefficient (Wildman–Crippen LogP) is 1.80. The Morgan fingerprint density at radius 1 is 1.53 bits per heavy atom. The molecular formula is C13H17ClN2O3. The van der Waals surface area contributed by atoms with Gasteiger partial charge >= 0.3 is 0 Å². The Balaban J connectivity index is 2.19. The lowest BCUT2D eigenvalue weighted by atomic mass is 10.1. The number of carbonyl (C=O) groups is 1. The van der Waals surface area contributed by atoms with E-state index in [1.165, 1.54) is 0 Å². The second-order valence-corrected chi connectivity index (χ2v) is 4.96. The van der Waals surface area contributed by atoms with Crippen LogP contribution in [0.2, 0.25) is 5.02 Å². The molecule has 0 fully saturated rings. The minimum absolute atomic E-state index is 0.412. The van der Waals surface area contributed by atoms with Crippen molar-refractivity contribution in [3.8, 4) is 0 Å². The molecule has 2 N–H and O–H groups in total. The molecule has 0 saturated carbocycles. The zero-order valence-corrected chi connectivity index (χ0v) is 11.7. The van der Waals surface area contributed by atoms with Gasteiger partial charge in [-0.05, 0) is 18.6 Å². The van der Waals surface area contributed by atoms with Crippen molar-refractivity contribution in [2.24, 2.45) is 0 Å². The van der Waals surface area contributed by atoms with E-state index in [4.69, 9.17) is 16.3 Å². The van der Waals surface area contributed by atoms with Gasteiger partial charge in [0.15, 0.2) is 6.10 Å². The van der Waals surface area contributed by atoms with Crippen molar-refractivity contribution in [3.63, 3.8) is 0 Å². The summed E-state index contributed by atoms with van der Waals surface area (Å²) < 4.78 is 5.01. The molecule has 1 unspecified atom stereocenters. The summed E-state index contributed by atoms with van der Waals surface area (Å²) in [7, 11) is 3.59. The number of aliphatic hydroxyl groups excluding tert-OH is 1. The van der Waals surface area contributed by atoms with Crippen LogP contribution in [0.3, 0.4) is 0 Å². The molecule has 1 aromatic carbocycles. The van der Waals surface area contributed by atoms with Gasteiger partial charge in [0, 0.05) is 38.6 Å². The number of anilines is 2. The second-order valence-electron chi connectivity index (χ2n) is 4.55. The Hall–Kier alpha value is -1.30. The maximum absolute atomic E-state index is 11.4. The van der Waals surface area contributed by atoms with Gasteiger partial charge in [-0.3, -0.25) is 4.79 Å². The maximum atomic E-state index is 11.4. The standard InChI is InChI=1S/C13H17ClN2O3/c1-16(4-3-5-19-2)11-7-10-8(6-9(11)14)12(17)13(18)15-10/h6-7,12,17H,3-5H2,1-2H3,(H,15,18). The van der Waals surface area contributed by atoms with Gasteiger partial charge in [-0.15, -0.1) is 0 Å². The van der Waals surface area contributed by atoms with Gasteiger partial charge in [-0.25, -0.2) is 0 Å². The summed E-state index contributed by atoms with van der Waals surface area (Å²) >= 11 is 6.21. The number of halogens is 1. The fourth-order valence-corrected chi connectivity index (χ4v) is 2.43. The van der Waals surface area contributed by atoms with Gasteiger partial charge in [-0.2, -0.15) is 0 Å². The van der Waals surface area contributed by atoms with E-state index >= 15 is 0 Å². The Morgan fingerprint density at radius 2 is 2.26 bits per heavy atom. The third-order valence-electron chi connectivity index (χ3n) is 3.17. The van der Waals surface area contributed by atoms with Crippen molar-refractivity contribution in [2.75, 3.05) is 37.5 Å². The molecule has 0 aromatic heterocycles. The van der Waals surface area contributed by atoms with E-state index in [1.807, 2.05) is 11.9 Å². The minimum atomic E-state index is -1.12. The van der Waals surface area contributed by atoms with Crippen LogP contribution in [-0.2, 0) is 9.53 Å². The lowest BCUT2D eigenvalue weighted by Gasteiger charge is -2.21. The van der Waals surface area contributed by atoms with Crippen LogP contribution >= 0.6 is 11.6 Å². The summed E-state index contributed by atoms with van der Waals surface area (Å²) in [4.78, 5) is 13.4. The number of rotatable bonds is 5. The molecule has 0 radical (unpaired) electrons. The molecule has 104 valence electrons. The maximum Gasteiger partial charge on any atom is 0.257 e. The van der Waals surface area contributed by atoms with Crippen LogP contribution in [0.1, 0.15) is 18.1 Å². The first-order valence-electron chi connectivity index (χ1n) is 6.07. The first-order chi connectivity index (χ1) is 9.04. The van der Waals surface area contributed by atoms with Crippen molar-refractivity contribution in [1.82, 2.24) is 0 Å². The average Bonchev–Trinajstić information content (AvgIpc) is 2.65. The molecule has 5 nitrogen and oxygen atoms in total. The Bertz CT molecular complexity index is 493. The largest absolute Gasteiger partial charge is 0.385 e. The summed E-state index contributed by atoms with van der Waals surface area (Å²) in [6.45, 7) is 1.48. The SMILES string of the molecule is COCCCN(C)c1cc2c(cc1Cl)C(O)C(=O)N2. The van der Waals surface area contributed by atoms with E-state index in [0.29, 0.717) is 22.9 Å². The minimum Gasteiger partial charge on any atom is -0.385 e. The Morgan fingerprint density at radius 3 is 2.95 bits per heavy atom. The molecule has 1 aliphatic heterocycles. The lowest BCUT2D eigenvalue weighted by molar-refractivity contribution is -0.123.